The van der Waals surface area contributed by atoms with Crippen LogP contribution >= 0.6 is 22.6 Å². The zero-order valence-corrected chi connectivity index (χ0v) is 32.2. The van der Waals surface area contributed by atoms with Gasteiger partial charge in [-0.15, -0.1) is 0 Å². The maximum absolute atomic E-state index is 12.7. The lowest BCUT2D eigenvalue weighted by Gasteiger charge is -2.50. The number of ether oxygens (including phenoxy) is 7. The molecular weight excluding hydrogens is 849 g/mol. The van der Waals surface area contributed by atoms with Gasteiger partial charge in [-0.1, -0.05) is 32.1 Å². The molecule has 20 heteroatoms. The highest BCUT2D eigenvalue weighted by atomic mass is 127. The van der Waals surface area contributed by atoms with E-state index in [9.17, 15) is 55.5 Å². The highest BCUT2D eigenvalue weighted by Gasteiger charge is 2.55. The Hall–Kier alpha value is -1.87. The van der Waals surface area contributed by atoms with Crippen LogP contribution in [0.1, 0.15) is 45.4 Å². The Morgan fingerprint density at radius 3 is 1.93 bits per heavy atom. The van der Waals surface area contributed by atoms with Crippen LogP contribution in [0.4, 0.5) is 0 Å². The number of carboxylic acid groups (broad SMARTS) is 1. The molecule has 1 aromatic carbocycles. The molecule has 16 atom stereocenters. The Labute approximate surface area is 330 Å². The van der Waals surface area contributed by atoms with Crippen LogP contribution in [0.3, 0.4) is 0 Å². The monoisotopic (exact) mass is 901 g/mol. The zero-order valence-electron chi connectivity index (χ0n) is 30.1. The van der Waals surface area contributed by atoms with Gasteiger partial charge in [-0.2, -0.15) is 0 Å². The van der Waals surface area contributed by atoms with E-state index in [1.54, 1.807) is 24.3 Å². The summed E-state index contributed by atoms with van der Waals surface area (Å²) in [5.74, 6) is -1.70. The lowest BCUT2D eigenvalue weighted by atomic mass is 9.85. The van der Waals surface area contributed by atoms with Gasteiger partial charge in [0.2, 0.25) is 12.2 Å². The van der Waals surface area contributed by atoms with Crippen LogP contribution in [-0.2, 0) is 38.0 Å². The molecule has 1 saturated carbocycles. The molecule has 312 valence electrons. The number of aliphatic hydroxyl groups excluding tert-OH is 8. The zero-order chi connectivity index (χ0) is 40.0. The summed E-state index contributed by atoms with van der Waals surface area (Å²) in [5.41, 5.74) is 0. The number of benzene rings is 1. The third-order valence-electron chi connectivity index (χ3n) is 10.4. The number of hydrogen-bond donors (Lipinski definition) is 10. The van der Waals surface area contributed by atoms with Crippen molar-refractivity contribution in [2.24, 2.45) is 5.92 Å². The van der Waals surface area contributed by atoms with Gasteiger partial charge in [0.1, 0.15) is 78.9 Å². The summed E-state index contributed by atoms with van der Waals surface area (Å²) < 4.78 is 42.6. The van der Waals surface area contributed by atoms with Gasteiger partial charge in [0, 0.05) is 10.5 Å². The van der Waals surface area contributed by atoms with Crippen molar-refractivity contribution in [3.8, 4) is 5.75 Å². The normalized spacial score (nSPS) is 39.3. The standard InChI is InChI=1S/C35H52INO18/c1-15(41)37-23-30(55-34-27(45)26(44)24(42)20(12-38)52-34)25(43)21(13-39)51-33(23)54-29-22(14-40)53-35(49-18-9-7-17(36)8-10-18)28(46)31(29)50-19(32(47)48)11-16-5-3-2-4-6-16/h7-10,16,19-31,33-35,38-40,42-46H,2-6,11-14H2,1H3,(H,37,41)(H,47,48)/t19-,20?,21?,22?,23?,24+,25+,26?,27?,28?,29+,30?,31?,33+,34+,35-/m1/s1. The molecule has 9 unspecified atom stereocenters. The SMILES string of the molecule is CC(=O)NC1C(O[C@@H]2OC(CO)[C@H](O)C(O)C2O)[C@@H](O)C(CO)O[C@H]1O[C@H]1C(CO)O[C@@H](Oc2ccc(I)cc2)C(O)C1O[C@H](CC1CCCCC1)C(=O)O. The molecule has 55 heavy (non-hydrogen) atoms. The number of carboxylic acids is 1. The summed E-state index contributed by atoms with van der Waals surface area (Å²) in [6.07, 6.45) is -20.0. The van der Waals surface area contributed by atoms with Crippen LogP contribution in [0.5, 0.6) is 5.75 Å². The van der Waals surface area contributed by atoms with Crippen molar-refractivity contribution in [3.05, 3.63) is 27.8 Å². The number of amides is 1. The number of aliphatic carboxylic acids is 1. The minimum atomic E-state index is -1.92. The summed E-state index contributed by atoms with van der Waals surface area (Å²) in [5, 5.41) is 97.8. The van der Waals surface area contributed by atoms with Crippen LogP contribution in [0.15, 0.2) is 24.3 Å². The van der Waals surface area contributed by atoms with Crippen molar-refractivity contribution in [3.63, 3.8) is 0 Å². The van der Waals surface area contributed by atoms with Crippen molar-refractivity contribution < 1.29 is 88.7 Å². The average Bonchev–Trinajstić information content (AvgIpc) is 3.16. The van der Waals surface area contributed by atoms with E-state index in [4.69, 9.17) is 33.2 Å². The van der Waals surface area contributed by atoms with E-state index < -0.39 is 130 Å². The van der Waals surface area contributed by atoms with Crippen LogP contribution < -0.4 is 10.1 Å². The third-order valence-corrected chi connectivity index (χ3v) is 11.1. The Morgan fingerprint density at radius 1 is 0.745 bits per heavy atom. The van der Waals surface area contributed by atoms with E-state index in [0.717, 1.165) is 42.6 Å². The molecular formula is C35H52INO18. The molecule has 19 nitrogen and oxygen atoms in total. The van der Waals surface area contributed by atoms with E-state index >= 15 is 0 Å². The Bertz CT molecular complexity index is 1370. The highest BCUT2D eigenvalue weighted by molar-refractivity contribution is 14.1. The Kier molecular flexibility index (Phi) is 16.3. The summed E-state index contributed by atoms with van der Waals surface area (Å²) in [6.45, 7) is -1.29. The van der Waals surface area contributed by atoms with Crippen LogP contribution in [0.25, 0.3) is 0 Å². The maximum Gasteiger partial charge on any atom is 0.332 e. The molecule has 3 heterocycles. The number of carbonyl (C=O) groups is 2. The first-order chi connectivity index (χ1) is 26.3. The molecule has 1 amide bonds. The van der Waals surface area contributed by atoms with Crippen LogP contribution in [0, 0.1) is 9.49 Å². The fourth-order valence-electron chi connectivity index (χ4n) is 7.46. The van der Waals surface area contributed by atoms with Gasteiger partial charge in [0.25, 0.3) is 0 Å². The van der Waals surface area contributed by atoms with Crippen molar-refractivity contribution in [2.45, 2.75) is 144 Å². The van der Waals surface area contributed by atoms with E-state index in [-0.39, 0.29) is 18.1 Å². The molecule has 1 aromatic rings. The maximum atomic E-state index is 12.7. The number of hydrogen-bond acceptors (Lipinski definition) is 17. The second kappa shape index (κ2) is 20.2. The molecule has 10 N–H and O–H groups in total. The molecule has 0 spiro atoms. The van der Waals surface area contributed by atoms with Gasteiger partial charge in [-0.3, -0.25) is 4.79 Å². The smallest absolute Gasteiger partial charge is 0.332 e. The molecule has 4 aliphatic rings. The first kappa shape index (κ1) is 44.2. The van der Waals surface area contributed by atoms with Crippen LogP contribution in [-0.4, -0.2) is 176 Å². The molecule has 0 radical (unpaired) electrons. The molecule has 3 aliphatic heterocycles. The largest absolute Gasteiger partial charge is 0.479 e. The Balaban J connectivity index is 1.48. The number of nitrogens with one attached hydrogen (secondary N) is 1. The van der Waals surface area contributed by atoms with Crippen LogP contribution in [0.2, 0.25) is 0 Å². The topological polar surface area (TPSA) is 293 Å². The lowest BCUT2D eigenvalue weighted by Crippen LogP contribution is -2.70. The molecule has 5 rings (SSSR count). The van der Waals surface area contributed by atoms with Crippen molar-refractivity contribution >= 4 is 34.5 Å². The number of carbonyl (C=O) groups excluding carboxylic acids is 1. The third kappa shape index (κ3) is 10.8. The quantitative estimate of drug-likeness (QED) is 0.0829. The summed E-state index contributed by atoms with van der Waals surface area (Å²) in [6, 6.07) is 5.21. The molecule has 0 bridgehead atoms. The van der Waals surface area contributed by atoms with Crippen molar-refractivity contribution in [1.82, 2.24) is 5.32 Å². The van der Waals surface area contributed by atoms with Crippen molar-refractivity contribution in [2.75, 3.05) is 19.8 Å². The fraction of sp³-hybridized carbons (Fsp3) is 0.771. The summed E-state index contributed by atoms with van der Waals surface area (Å²) in [4.78, 5) is 25.2. The average molecular weight is 902 g/mol. The number of aliphatic hydroxyl groups is 8. The molecule has 3 saturated heterocycles. The number of halogens is 1. The fourth-order valence-corrected chi connectivity index (χ4v) is 7.82. The van der Waals surface area contributed by atoms with Gasteiger partial charge in [-0.25, -0.2) is 4.79 Å². The second-order valence-electron chi connectivity index (χ2n) is 14.3. The minimum Gasteiger partial charge on any atom is -0.479 e. The minimum absolute atomic E-state index is 0.0247. The van der Waals surface area contributed by atoms with E-state index in [2.05, 4.69) is 27.9 Å². The van der Waals surface area contributed by atoms with Gasteiger partial charge in [-0.05, 0) is 59.2 Å². The molecule has 4 fully saturated rings. The van der Waals surface area contributed by atoms with E-state index in [1.165, 1.54) is 0 Å². The Morgan fingerprint density at radius 2 is 1.33 bits per heavy atom. The summed E-state index contributed by atoms with van der Waals surface area (Å²) >= 11 is 2.10. The van der Waals surface area contributed by atoms with Gasteiger partial charge >= 0.3 is 5.97 Å². The first-order valence-corrected chi connectivity index (χ1v) is 19.4. The molecule has 0 aromatic heterocycles. The summed E-state index contributed by atoms with van der Waals surface area (Å²) in [7, 11) is 0. The van der Waals surface area contributed by atoms with Gasteiger partial charge < -0.3 is 84.4 Å². The number of rotatable bonds is 15. The highest BCUT2D eigenvalue weighted by Crippen LogP contribution is 2.36. The van der Waals surface area contributed by atoms with Crippen molar-refractivity contribution in [1.29, 1.82) is 0 Å². The lowest BCUT2D eigenvalue weighted by molar-refractivity contribution is -0.365. The first-order valence-electron chi connectivity index (χ1n) is 18.3. The van der Waals surface area contributed by atoms with E-state index in [1.807, 2.05) is 0 Å². The predicted molar refractivity (Wildman–Crippen MR) is 192 cm³/mol. The second-order valence-corrected chi connectivity index (χ2v) is 15.5. The van der Waals surface area contributed by atoms with Gasteiger partial charge in [0.05, 0.1) is 19.8 Å². The van der Waals surface area contributed by atoms with Gasteiger partial charge in [0.15, 0.2) is 18.7 Å². The predicted octanol–water partition coefficient (Wildman–Crippen LogP) is -2.29. The molecule has 1 aliphatic carbocycles. The van der Waals surface area contributed by atoms with E-state index in [0.29, 0.717) is 0 Å².